The molecule has 2 heteroatoms. The second-order valence-corrected chi connectivity index (χ2v) is 4.70. The summed E-state index contributed by atoms with van der Waals surface area (Å²) < 4.78 is 5.45. The number of carbonyl (C=O) groups is 1. The van der Waals surface area contributed by atoms with Crippen LogP contribution in [-0.2, 0) is 6.42 Å². The van der Waals surface area contributed by atoms with Gasteiger partial charge in [-0.25, -0.2) is 0 Å². The van der Waals surface area contributed by atoms with Crippen LogP contribution in [0.5, 0.6) is 0 Å². The average Bonchev–Trinajstić information content (AvgIpc) is 2.59. The van der Waals surface area contributed by atoms with Crippen LogP contribution in [0, 0.1) is 12.8 Å². The van der Waals surface area contributed by atoms with Crippen LogP contribution >= 0.6 is 0 Å². The summed E-state index contributed by atoms with van der Waals surface area (Å²) in [5.74, 6) is 1.52. The summed E-state index contributed by atoms with van der Waals surface area (Å²) in [6, 6.07) is 0. The van der Waals surface area contributed by atoms with E-state index in [4.69, 9.17) is 4.42 Å². The van der Waals surface area contributed by atoms with Gasteiger partial charge in [-0.1, -0.05) is 19.1 Å². The highest BCUT2D eigenvalue weighted by Crippen LogP contribution is 2.24. The smallest absolute Gasteiger partial charge is 0.166 e. The number of furan rings is 1. The molecule has 0 amide bonds. The quantitative estimate of drug-likeness (QED) is 0.622. The molecule has 86 valence electrons. The summed E-state index contributed by atoms with van der Waals surface area (Å²) in [5.41, 5.74) is 1.79. The third-order valence-corrected chi connectivity index (χ3v) is 3.16. The van der Waals surface area contributed by atoms with E-state index in [0.29, 0.717) is 12.3 Å². The van der Waals surface area contributed by atoms with Gasteiger partial charge in [0, 0.05) is 12.8 Å². The minimum absolute atomic E-state index is 0.240. The fourth-order valence-electron chi connectivity index (χ4n) is 2.23. The van der Waals surface area contributed by atoms with Gasteiger partial charge in [0.1, 0.15) is 5.76 Å². The zero-order valence-corrected chi connectivity index (χ0v) is 9.95. The van der Waals surface area contributed by atoms with Gasteiger partial charge < -0.3 is 4.42 Å². The lowest BCUT2D eigenvalue weighted by Gasteiger charge is -2.11. The Balaban J connectivity index is 2.34. The number of fused-ring (bicyclic) bond motifs is 1. The largest absolute Gasteiger partial charge is 0.468 e. The van der Waals surface area contributed by atoms with Crippen molar-refractivity contribution in [3.63, 3.8) is 0 Å². The van der Waals surface area contributed by atoms with Gasteiger partial charge in [0.2, 0.25) is 0 Å². The van der Waals surface area contributed by atoms with E-state index in [9.17, 15) is 4.79 Å². The Morgan fingerprint density at radius 3 is 3.00 bits per heavy atom. The van der Waals surface area contributed by atoms with Crippen molar-refractivity contribution in [2.45, 2.75) is 39.5 Å². The SMILES string of the molecule is Cc1coc2c1C(=O)CC(C)CC/C=C/C2. The normalized spacial score (nSPS) is 23.9. The molecular formula is C14H18O2. The summed E-state index contributed by atoms with van der Waals surface area (Å²) in [6.45, 7) is 4.09. The maximum absolute atomic E-state index is 12.1. The zero-order valence-electron chi connectivity index (χ0n) is 9.95. The Bertz CT molecular complexity index is 412. The van der Waals surface area contributed by atoms with Crippen molar-refractivity contribution in [2.24, 2.45) is 5.92 Å². The number of hydrogen-bond donors (Lipinski definition) is 0. The maximum atomic E-state index is 12.1. The number of rotatable bonds is 0. The van der Waals surface area contributed by atoms with E-state index in [1.54, 1.807) is 6.26 Å². The second-order valence-electron chi connectivity index (χ2n) is 4.70. The molecule has 0 fully saturated rings. The van der Waals surface area contributed by atoms with Gasteiger partial charge in [0.25, 0.3) is 0 Å². The van der Waals surface area contributed by atoms with Crippen molar-refractivity contribution in [2.75, 3.05) is 0 Å². The van der Waals surface area contributed by atoms with Gasteiger partial charge in [0.05, 0.1) is 11.8 Å². The van der Waals surface area contributed by atoms with Crippen LogP contribution in [-0.4, -0.2) is 5.78 Å². The first-order valence-corrected chi connectivity index (χ1v) is 5.93. The van der Waals surface area contributed by atoms with Gasteiger partial charge in [-0.3, -0.25) is 4.79 Å². The molecule has 1 aromatic rings. The van der Waals surface area contributed by atoms with Crippen molar-refractivity contribution in [1.29, 1.82) is 0 Å². The standard InChI is InChI=1S/C14H18O2/c1-10-6-4-3-5-7-13-14(12(15)8-10)11(2)9-16-13/h3,5,9-10H,4,6-8H2,1-2H3/b5-3+. The first-order valence-electron chi connectivity index (χ1n) is 5.93. The van der Waals surface area contributed by atoms with Crippen LogP contribution in [0.1, 0.15) is 47.9 Å². The molecule has 0 bridgehead atoms. The molecule has 2 nitrogen and oxygen atoms in total. The lowest BCUT2D eigenvalue weighted by Crippen LogP contribution is -2.09. The maximum Gasteiger partial charge on any atom is 0.166 e. The molecule has 0 saturated carbocycles. The van der Waals surface area contributed by atoms with Crippen LogP contribution in [0.25, 0.3) is 0 Å². The Labute approximate surface area is 96.3 Å². The van der Waals surface area contributed by atoms with Crippen LogP contribution in [0.4, 0.5) is 0 Å². The monoisotopic (exact) mass is 218 g/mol. The number of hydrogen-bond acceptors (Lipinski definition) is 2. The van der Waals surface area contributed by atoms with E-state index in [0.717, 1.165) is 36.1 Å². The van der Waals surface area contributed by atoms with E-state index < -0.39 is 0 Å². The predicted molar refractivity (Wildman–Crippen MR) is 63.6 cm³/mol. The van der Waals surface area contributed by atoms with Crippen molar-refractivity contribution in [1.82, 2.24) is 0 Å². The third kappa shape index (κ3) is 2.26. The fourth-order valence-corrected chi connectivity index (χ4v) is 2.23. The molecule has 1 unspecified atom stereocenters. The summed E-state index contributed by atoms with van der Waals surface area (Å²) >= 11 is 0. The number of aryl methyl sites for hydroxylation is 1. The molecule has 0 aliphatic heterocycles. The highest BCUT2D eigenvalue weighted by molar-refractivity contribution is 5.98. The fraction of sp³-hybridized carbons (Fsp3) is 0.500. The van der Waals surface area contributed by atoms with Crippen molar-refractivity contribution in [3.05, 3.63) is 35.3 Å². The van der Waals surface area contributed by atoms with Gasteiger partial charge in [-0.15, -0.1) is 0 Å². The summed E-state index contributed by atoms with van der Waals surface area (Å²) in [4.78, 5) is 12.1. The van der Waals surface area contributed by atoms with Crippen molar-refractivity contribution >= 4 is 5.78 Å². The Morgan fingerprint density at radius 2 is 2.19 bits per heavy atom. The van der Waals surface area contributed by atoms with Crippen LogP contribution in [0.3, 0.4) is 0 Å². The van der Waals surface area contributed by atoms with E-state index in [1.165, 1.54) is 0 Å². The zero-order chi connectivity index (χ0) is 11.5. The van der Waals surface area contributed by atoms with Crippen molar-refractivity contribution < 1.29 is 9.21 Å². The summed E-state index contributed by atoms with van der Waals surface area (Å²) in [6.07, 6.45) is 9.52. The second kappa shape index (κ2) is 4.69. The highest BCUT2D eigenvalue weighted by atomic mass is 16.3. The summed E-state index contributed by atoms with van der Waals surface area (Å²) in [7, 11) is 0. The molecule has 0 saturated heterocycles. The lowest BCUT2D eigenvalue weighted by atomic mass is 9.93. The number of allylic oxidation sites excluding steroid dienone is 2. The number of ketones is 1. The first kappa shape index (κ1) is 11.2. The van der Waals surface area contributed by atoms with E-state index in [-0.39, 0.29) is 5.78 Å². The molecule has 0 N–H and O–H groups in total. The Kier molecular flexibility index (Phi) is 3.28. The van der Waals surface area contributed by atoms with E-state index >= 15 is 0 Å². The van der Waals surface area contributed by atoms with Crippen LogP contribution in [0.15, 0.2) is 22.8 Å². The number of carbonyl (C=O) groups excluding carboxylic acids is 1. The molecule has 1 aromatic heterocycles. The molecule has 16 heavy (non-hydrogen) atoms. The molecule has 1 atom stereocenters. The molecule has 0 spiro atoms. The average molecular weight is 218 g/mol. The minimum atomic E-state index is 0.240. The first-order chi connectivity index (χ1) is 7.68. The minimum Gasteiger partial charge on any atom is -0.468 e. The molecular weight excluding hydrogens is 200 g/mol. The third-order valence-electron chi connectivity index (χ3n) is 3.16. The van der Waals surface area contributed by atoms with Crippen molar-refractivity contribution in [3.8, 4) is 0 Å². The molecule has 1 aliphatic carbocycles. The molecule has 1 aliphatic rings. The highest BCUT2D eigenvalue weighted by Gasteiger charge is 2.20. The van der Waals surface area contributed by atoms with E-state index in [1.807, 2.05) is 6.92 Å². The molecule has 0 radical (unpaired) electrons. The summed E-state index contributed by atoms with van der Waals surface area (Å²) in [5, 5.41) is 0. The van der Waals surface area contributed by atoms with Gasteiger partial charge in [0.15, 0.2) is 5.78 Å². The predicted octanol–water partition coefficient (Wildman–Crippen LogP) is 3.69. The number of Topliss-reactive ketones (excluding diaryl/α,β-unsaturated/α-hetero) is 1. The Morgan fingerprint density at radius 1 is 1.38 bits per heavy atom. The lowest BCUT2D eigenvalue weighted by molar-refractivity contribution is 0.0960. The van der Waals surface area contributed by atoms with E-state index in [2.05, 4.69) is 19.1 Å². The van der Waals surface area contributed by atoms with Gasteiger partial charge in [-0.2, -0.15) is 0 Å². The van der Waals surface area contributed by atoms with Gasteiger partial charge >= 0.3 is 0 Å². The molecule has 2 rings (SSSR count). The topological polar surface area (TPSA) is 30.2 Å². The molecule has 1 heterocycles. The van der Waals surface area contributed by atoms with Gasteiger partial charge in [-0.05, 0) is 31.2 Å². The molecule has 0 aromatic carbocycles. The Hall–Kier alpha value is -1.31. The van der Waals surface area contributed by atoms with Crippen LogP contribution < -0.4 is 0 Å². The van der Waals surface area contributed by atoms with Crippen LogP contribution in [0.2, 0.25) is 0 Å².